The molecule has 0 aromatic heterocycles. The smallest absolute Gasteiger partial charge is 0.267 e. The van der Waals surface area contributed by atoms with Gasteiger partial charge in [-0.1, -0.05) is 42.5 Å². The summed E-state index contributed by atoms with van der Waals surface area (Å²) in [5.41, 5.74) is 2.30. The van der Waals surface area contributed by atoms with E-state index in [0.717, 1.165) is 11.1 Å². The Labute approximate surface area is 124 Å². The molecule has 106 valence electrons. The van der Waals surface area contributed by atoms with E-state index in [0.29, 0.717) is 5.56 Å². The summed E-state index contributed by atoms with van der Waals surface area (Å²) in [6, 6.07) is 14.8. The molecule has 0 aliphatic heterocycles. The largest absolute Gasteiger partial charge is 0.297 e. The third kappa shape index (κ3) is 3.20. The fourth-order valence-corrected chi connectivity index (χ4v) is 3.41. The molecule has 3 nitrogen and oxygen atoms in total. The Balaban J connectivity index is 2.56. The van der Waals surface area contributed by atoms with E-state index in [1.165, 1.54) is 0 Å². The average Bonchev–Trinajstić information content (AvgIpc) is 2.47. The molecular weight excluding hydrogens is 296 g/mol. The van der Waals surface area contributed by atoms with Crippen molar-refractivity contribution >= 4 is 21.7 Å². The normalized spacial score (nSPS) is 11.5. The van der Waals surface area contributed by atoms with Crippen LogP contribution in [-0.2, 0) is 20.2 Å². The van der Waals surface area contributed by atoms with Gasteiger partial charge >= 0.3 is 0 Å². The highest BCUT2D eigenvalue weighted by Crippen LogP contribution is 2.27. The third-order valence-electron chi connectivity index (χ3n) is 2.86. The highest BCUT2D eigenvalue weighted by Gasteiger charge is 2.19. The first kappa shape index (κ1) is 15.0. The molecule has 2 aromatic carbocycles. The molecule has 0 atom stereocenters. The van der Waals surface area contributed by atoms with Gasteiger partial charge in [-0.15, -0.1) is 11.6 Å². The van der Waals surface area contributed by atoms with Gasteiger partial charge in [-0.25, -0.2) is 0 Å². The Morgan fingerprint density at radius 3 is 2.35 bits per heavy atom. The van der Waals surface area contributed by atoms with Gasteiger partial charge < -0.3 is 0 Å². The van der Waals surface area contributed by atoms with E-state index in [-0.39, 0.29) is 17.4 Å². The van der Waals surface area contributed by atoms with Crippen LogP contribution >= 0.6 is 11.6 Å². The van der Waals surface area contributed by atoms with Gasteiger partial charge in [0.05, 0.1) is 11.5 Å². The molecular formula is C15H15ClO3S. The molecule has 0 N–H and O–H groups in total. The van der Waals surface area contributed by atoms with Crippen LogP contribution in [-0.4, -0.2) is 15.0 Å². The van der Waals surface area contributed by atoms with Crippen molar-refractivity contribution in [1.82, 2.24) is 0 Å². The van der Waals surface area contributed by atoms with Crippen LogP contribution in [0.4, 0.5) is 0 Å². The molecule has 0 bridgehead atoms. The number of hydrogen-bond acceptors (Lipinski definition) is 3. The first-order valence-electron chi connectivity index (χ1n) is 6.22. The van der Waals surface area contributed by atoms with Gasteiger partial charge in [-0.3, -0.25) is 4.18 Å². The van der Waals surface area contributed by atoms with Crippen molar-refractivity contribution in [2.75, 3.05) is 6.61 Å². The summed E-state index contributed by atoms with van der Waals surface area (Å²) in [5.74, 6) is 0.122. The summed E-state index contributed by atoms with van der Waals surface area (Å²) < 4.78 is 29.1. The van der Waals surface area contributed by atoms with Crippen LogP contribution in [0.1, 0.15) is 12.5 Å². The minimum Gasteiger partial charge on any atom is -0.267 e. The monoisotopic (exact) mass is 310 g/mol. The summed E-state index contributed by atoms with van der Waals surface area (Å²) in [4.78, 5) is 0.135. The topological polar surface area (TPSA) is 43.4 Å². The predicted molar refractivity (Wildman–Crippen MR) is 80.2 cm³/mol. The van der Waals surface area contributed by atoms with Crippen molar-refractivity contribution in [2.24, 2.45) is 0 Å². The molecule has 0 aliphatic carbocycles. The van der Waals surface area contributed by atoms with Gasteiger partial charge in [0, 0.05) is 5.88 Å². The lowest BCUT2D eigenvalue weighted by atomic mass is 10.0. The number of rotatable bonds is 5. The van der Waals surface area contributed by atoms with Crippen LogP contribution < -0.4 is 0 Å². The van der Waals surface area contributed by atoms with E-state index in [1.807, 2.05) is 36.4 Å². The maximum Gasteiger partial charge on any atom is 0.297 e. The molecule has 0 saturated heterocycles. The van der Waals surface area contributed by atoms with E-state index < -0.39 is 10.1 Å². The summed E-state index contributed by atoms with van der Waals surface area (Å²) in [7, 11) is -3.77. The number of alkyl halides is 1. The van der Waals surface area contributed by atoms with Gasteiger partial charge in [0.15, 0.2) is 0 Å². The minimum atomic E-state index is -3.77. The maximum atomic E-state index is 12.1. The Kier molecular flexibility index (Phi) is 4.81. The molecule has 5 heteroatoms. The first-order valence-corrected chi connectivity index (χ1v) is 8.16. The van der Waals surface area contributed by atoms with E-state index in [4.69, 9.17) is 15.8 Å². The number of benzene rings is 2. The second-order valence-electron chi connectivity index (χ2n) is 4.18. The summed E-state index contributed by atoms with van der Waals surface area (Å²) in [5, 5.41) is 0. The van der Waals surface area contributed by atoms with Gasteiger partial charge in [0.25, 0.3) is 10.1 Å². The molecule has 0 aliphatic rings. The van der Waals surface area contributed by atoms with Crippen LogP contribution in [0.3, 0.4) is 0 Å². The van der Waals surface area contributed by atoms with Crippen molar-refractivity contribution in [3.63, 3.8) is 0 Å². The lowest BCUT2D eigenvalue weighted by Gasteiger charge is -2.10. The Hall–Kier alpha value is -1.36. The van der Waals surface area contributed by atoms with Gasteiger partial charge in [0.2, 0.25) is 0 Å². The van der Waals surface area contributed by atoms with Crippen molar-refractivity contribution in [3.05, 3.63) is 54.1 Å². The second kappa shape index (κ2) is 6.39. The zero-order valence-electron chi connectivity index (χ0n) is 11.0. The van der Waals surface area contributed by atoms with Gasteiger partial charge in [0.1, 0.15) is 0 Å². The summed E-state index contributed by atoms with van der Waals surface area (Å²) >= 11 is 5.82. The zero-order chi connectivity index (χ0) is 14.6. The standard InChI is InChI=1S/C15H15ClO3S/c1-2-19-20(17,18)15-10-13(8-9-14(15)11-16)12-6-4-3-5-7-12/h3-10H,2,11H2,1H3. The number of halogens is 1. The Bertz CT molecular complexity index is 682. The molecule has 0 fully saturated rings. The lowest BCUT2D eigenvalue weighted by molar-refractivity contribution is 0.338. The molecule has 0 heterocycles. The maximum absolute atomic E-state index is 12.1. The molecule has 0 saturated carbocycles. The van der Waals surface area contributed by atoms with Crippen molar-refractivity contribution in [3.8, 4) is 11.1 Å². The van der Waals surface area contributed by atoms with E-state index >= 15 is 0 Å². The van der Waals surface area contributed by atoms with E-state index in [1.54, 1.807) is 19.1 Å². The van der Waals surface area contributed by atoms with Crippen molar-refractivity contribution in [1.29, 1.82) is 0 Å². The third-order valence-corrected chi connectivity index (χ3v) is 4.61. The van der Waals surface area contributed by atoms with E-state index in [2.05, 4.69) is 0 Å². The second-order valence-corrected chi connectivity index (χ2v) is 6.03. The highest BCUT2D eigenvalue weighted by molar-refractivity contribution is 7.86. The summed E-state index contributed by atoms with van der Waals surface area (Å²) in [6.45, 7) is 1.73. The van der Waals surface area contributed by atoms with Gasteiger partial charge in [-0.2, -0.15) is 8.42 Å². The predicted octanol–water partition coefficient (Wildman–Crippen LogP) is 3.82. The SMILES string of the molecule is CCOS(=O)(=O)c1cc(-c2ccccc2)ccc1CCl. The fourth-order valence-electron chi connectivity index (χ4n) is 1.93. The van der Waals surface area contributed by atoms with Crippen LogP contribution in [0.2, 0.25) is 0 Å². The lowest BCUT2D eigenvalue weighted by Crippen LogP contribution is -2.08. The van der Waals surface area contributed by atoms with Crippen LogP contribution in [0.15, 0.2) is 53.4 Å². The van der Waals surface area contributed by atoms with Crippen LogP contribution in [0.5, 0.6) is 0 Å². The Morgan fingerprint density at radius 1 is 1.05 bits per heavy atom. The van der Waals surface area contributed by atoms with Crippen LogP contribution in [0, 0.1) is 0 Å². The minimum absolute atomic E-state index is 0.0968. The molecule has 2 rings (SSSR count). The molecule has 0 spiro atoms. The summed E-state index contributed by atoms with van der Waals surface area (Å²) in [6.07, 6.45) is 0. The van der Waals surface area contributed by atoms with E-state index in [9.17, 15) is 8.42 Å². The molecule has 20 heavy (non-hydrogen) atoms. The Morgan fingerprint density at radius 2 is 1.75 bits per heavy atom. The van der Waals surface area contributed by atoms with Crippen molar-refractivity contribution in [2.45, 2.75) is 17.7 Å². The fraction of sp³-hybridized carbons (Fsp3) is 0.200. The first-order chi connectivity index (χ1) is 9.58. The van der Waals surface area contributed by atoms with Gasteiger partial charge in [-0.05, 0) is 29.7 Å². The average molecular weight is 311 g/mol. The van der Waals surface area contributed by atoms with Crippen LogP contribution in [0.25, 0.3) is 11.1 Å². The number of hydrogen-bond donors (Lipinski definition) is 0. The quantitative estimate of drug-likeness (QED) is 0.623. The molecule has 0 radical (unpaired) electrons. The zero-order valence-corrected chi connectivity index (χ0v) is 12.6. The van der Waals surface area contributed by atoms with Crippen molar-refractivity contribution < 1.29 is 12.6 Å². The molecule has 2 aromatic rings. The highest BCUT2D eigenvalue weighted by atomic mass is 35.5. The molecule has 0 amide bonds. The molecule has 0 unspecified atom stereocenters.